The highest BCUT2D eigenvalue weighted by atomic mass is 79.9. The van der Waals surface area contributed by atoms with Crippen LogP contribution in [-0.4, -0.2) is 51.9 Å². The molecule has 0 N–H and O–H groups in total. The van der Waals surface area contributed by atoms with Crippen molar-refractivity contribution in [2.75, 3.05) is 25.6 Å². The van der Waals surface area contributed by atoms with E-state index in [0.717, 1.165) is 53.2 Å². The van der Waals surface area contributed by atoms with E-state index in [-0.39, 0.29) is 0 Å². The van der Waals surface area contributed by atoms with Gasteiger partial charge in [0, 0.05) is 18.1 Å². The average molecular weight is 431 g/mol. The molecule has 1 saturated heterocycles. The van der Waals surface area contributed by atoms with Gasteiger partial charge in [-0.2, -0.15) is 0 Å². The highest BCUT2D eigenvalue weighted by molar-refractivity contribution is 9.09. The molecule has 0 aliphatic carbocycles. The predicted octanol–water partition coefficient (Wildman–Crippen LogP) is 3.78. The molecule has 7 heteroatoms. The maximum atomic E-state index is 5.63. The van der Waals surface area contributed by atoms with Gasteiger partial charge in [0.2, 0.25) is 0 Å². The molecule has 2 aliphatic rings. The molecule has 0 saturated carbocycles. The fraction of sp³-hybridized carbons (Fsp3) is 0.400. The van der Waals surface area contributed by atoms with E-state index in [4.69, 9.17) is 9.57 Å². The van der Waals surface area contributed by atoms with Crippen LogP contribution >= 0.6 is 15.9 Å². The van der Waals surface area contributed by atoms with Gasteiger partial charge in [-0.15, -0.1) is 0 Å². The standard InChI is InChI=1S/C20H23BrN4O2/c1-14-11-24(13-22-14)18-6-5-15(9-19(18)26-2)8-16-4-3-7-25-17(10-21)12-27-23-20(16)25/h5-6,8-9,11,13,17H,3-4,7,10,12H2,1-2H3/b16-8+/t17-/m0/s1. The van der Waals surface area contributed by atoms with E-state index < -0.39 is 0 Å². The van der Waals surface area contributed by atoms with Crippen LogP contribution in [0.5, 0.6) is 5.75 Å². The summed E-state index contributed by atoms with van der Waals surface area (Å²) in [4.78, 5) is 12.1. The van der Waals surface area contributed by atoms with Crippen molar-refractivity contribution in [3.8, 4) is 11.4 Å². The van der Waals surface area contributed by atoms with Crippen molar-refractivity contribution in [3.63, 3.8) is 0 Å². The molecule has 0 radical (unpaired) electrons. The van der Waals surface area contributed by atoms with Crippen molar-refractivity contribution >= 4 is 27.8 Å². The third kappa shape index (κ3) is 3.60. The van der Waals surface area contributed by atoms with E-state index in [1.54, 1.807) is 13.4 Å². The molecule has 2 aliphatic heterocycles. The number of hydrogen-bond acceptors (Lipinski definition) is 5. The summed E-state index contributed by atoms with van der Waals surface area (Å²) in [5, 5.41) is 5.23. The highest BCUT2D eigenvalue weighted by Crippen LogP contribution is 2.29. The lowest BCUT2D eigenvalue weighted by Crippen LogP contribution is -2.49. The molecule has 1 atom stereocenters. The number of methoxy groups -OCH3 is 1. The van der Waals surface area contributed by atoms with Gasteiger partial charge >= 0.3 is 0 Å². The van der Waals surface area contributed by atoms with Gasteiger partial charge in [-0.25, -0.2) is 4.98 Å². The minimum atomic E-state index is 0.336. The Morgan fingerprint density at radius 2 is 2.30 bits per heavy atom. The van der Waals surface area contributed by atoms with Gasteiger partial charge in [-0.3, -0.25) is 0 Å². The largest absolute Gasteiger partial charge is 0.495 e. The number of alkyl halides is 1. The number of oxime groups is 1. The van der Waals surface area contributed by atoms with Gasteiger partial charge in [0.25, 0.3) is 0 Å². The summed E-state index contributed by atoms with van der Waals surface area (Å²) in [7, 11) is 1.70. The fourth-order valence-electron chi connectivity index (χ4n) is 3.60. The Balaban J connectivity index is 1.66. The van der Waals surface area contributed by atoms with E-state index in [0.29, 0.717) is 12.6 Å². The molecule has 1 aromatic heterocycles. The first kappa shape index (κ1) is 18.1. The van der Waals surface area contributed by atoms with Crippen LogP contribution in [0.1, 0.15) is 24.1 Å². The van der Waals surface area contributed by atoms with E-state index in [2.05, 4.69) is 55.2 Å². The molecular formula is C20H23BrN4O2. The fourth-order valence-corrected chi connectivity index (χ4v) is 4.14. The molecule has 0 amide bonds. The maximum Gasteiger partial charge on any atom is 0.171 e. The number of imidazole rings is 1. The molecule has 27 heavy (non-hydrogen) atoms. The van der Waals surface area contributed by atoms with Gasteiger partial charge in [0.1, 0.15) is 12.4 Å². The second-order valence-electron chi connectivity index (χ2n) is 6.84. The van der Waals surface area contributed by atoms with Gasteiger partial charge in [-0.1, -0.05) is 27.2 Å². The van der Waals surface area contributed by atoms with Crippen molar-refractivity contribution in [2.24, 2.45) is 5.16 Å². The normalized spacial score (nSPS) is 20.9. The van der Waals surface area contributed by atoms with Gasteiger partial charge in [-0.05, 0) is 49.1 Å². The number of piperidine rings is 1. The van der Waals surface area contributed by atoms with Crippen molar-refractivity contribution in [3.05, 3.63) is 47.6 Å². The maximum absolute atomic E-state index is 5.63. The highest BCUT2D eigenvalue weighted by Gasteiger charge is 2.31. The van der Waals surface area contributed by atoms with Crippen molar-refractivity contribution in [1.29, 1.82) is 0 Å². The second kappa shape index (κ2) is 7.76. The van der Waals surface area contributed by atoms with E-state index >= 15 is 0 Å². The second-order valence-corrected chi connectivity index (χ2v) is 7.49. The topological polar surface area (TPSA) is 51.9 Å². The number of ether oxygens (including phenoxy) is 1. The number of fused-ring (bicyclic) bond motifs is 1. The Morgan fingerprint density at radius 3 is 3.04 bits per heavy atom. The molecule has 0 bridgehead atoms. The Kier molecular flexibility index (Phi) is 5.20. The van der Waals surface area contributed by atoms with Crippen LogP contribution in [0.2, 0.25) is 0 Å². The minimum absolute atomic E-state index is 0.336. The summed E-state index contributed by atoms with van der Waals surface area (Å²) < 4.78 is 7.61. The first-order chi connectivity index (χ1) is 13.2. The Bertz CT molecular complexity index is 890. The molecule has 6 nitrogen and oxygen atoms in total. The third-order valence-electron chi connectivity index (χ3n) is 4.98. The van der Waals surface area contributed by atoms with Crippen LogP contribution in [-0.2, 0) is 4.84 Å². The Labute approximate surface area is 167 Å². The Morgan fingerprint density at radius 1 is 1.41 bits per heavy atom. The average Bonchev–Trinajstić information content (AvgIpc) is 3.13. The minimum Gasteiger partial charge on any atom is -0.495 e. The Hall–Kier alpha value is -2.28. The molecule has 0 unspecified atom stereocenters. The van der Waals surface area contributed by atoms with Crippen LogP contribution < -0.4 is 4.74 Å². The van der Waals surface area contributed by atoms with Crippen molar-refractivity contribution in [1.82, 2.24) is 14.5 Å². The first-order valence-electron chi connectivity index (χ1n) is 9.12. The third-order valence-corrected chi connectivity index (χ3v) is 5.72. The van der Waals surface area contributed by atoms with Crippen LogP contribution in [0.4, 0.5) is 0 Å². The number of aryl methyl sites for hydroxylation is 1. The summed E-state index contributed by atoms with van der Waals surface area (Å²) in [5.41, 5.74) is 4.25. The number of amidine groups is 1. The zero-order chi connectivity index (χ0) is 18.8. The number of benzene rings is 1. The SMILES string of the molecule is COc1cc(/C=C2\CCCN3C2=NOC[C@@H]3CBr)ccc1-n1cnc(C)c1. The lowest BCUT2D eigenvalue weighted by Gasteiger charge is -2.39. The van der Waals surface area contributed by atoms with Crippen LogP contribution in [0.25, 0.3) is 11.8 Å². The summed E-state index contributed by atoms with van der Waals surface area (Å²) in [6.45, 7) is 3.64. The van der Waals surface area contributed by atoms with Crippen LogP contribution in [0.15, 0.2) is 41.5 Å². The summed E-state index contributed by atoms with van der Waals surface area (Å²) in [6.07, 6.45) is 8.11. The number of rotatable bonds is 4. The molecule has 1 fully saturated rings. The molecule has 1 aromatic carbocycles. The summed E-state index contributed by atoms with van der Waals surface area (Å²) >= 11 is 3.59. The van der Waals surface area contributed by atoms with Gasteiger partial charge in [0.15, 0.2) is 5.84 Å². The van der Waals surface area contributed by atoms with Crippen LogP contribution in [0.3, 0.4) is 0 Å². The predicted molar refractivity (Wildman–Crippen MR) is 110 cm³/mol. The number of aromatic nitrogens is 2. The summed E-state index contributed by atoms with van der Waals surface area (Å²) in [5.74, 6) is 1.78. The molecule has 3 heterocycles. The smallest absolute Gasteiger partial charge is 0.171 e. The number of halogens is 1. The molecule has 0 spiro atoms. The van der Waals surface area contributed by atoms with Crippen LogP contribution in [0, 0.1) is 6.92 Å². The zero-order valence-electron chi connectivity index (χ0n) is 15.6. The monoisotopic (exact) mass is 430 g/mol. The van der Waals surface area contributed by atoms with E-state index in [9.17, 15) is 0 Å². The van der Waals surface area contributed by atoms with Crippen molar-refractivity contribution in [2.45, 2.75) is 25.8 Å². The number of nitrogens with zero attached hydrogens (tertiary/aromatic N) is 4. The molecule has 4 rings (SSSR count). The van der Waals surface area contributed by atoms with E-state index in [1.807, 2.05) is 17.7 Å². The number of hydrogen-bond donors (Lipinski definition) is 0. The lowest BCUT2D eigenvalue weighted by molar-refractivity contribution is 0.0670. The quantitative estimate of drug-likeness (QED) is 0.692. The van der Waals surface area contributed by atoms with Crippen molar-refractivity contribution < 1.29 is 9.57 Å². The molecule has 2 aromatic rings. The lowest BCUT2D eigenvalue weighted by atomic mass is 9.98. The van der Waals surface area contributed by atoms with E-state index in [1.165, 1.54) is 5.57 Å². The molecular weight excluding hydrogens is 408 g/mol. The summed E-state index contributed by atoms with van der Waals surface area (Å²) in [6, 6.07) is 6.56. The zero-order valence-corrected chi connectivity index (χ0v) is 17.1. The van der Waals surface area contributed by atoms with Gasteiger partial charge in [0.05, 0.1) is 30.9 Å². The molecule has 142 valence electrons. The first-order valence-corrected chi connectivity index (χ1v) is 10.2. The van der Waals surface area contributed by atoms with Gasteiger partial charge < -0.3 is 19.0 Å².